The highest BCUT2D eigenvalue weighted by Crippen LogP contribution is 2.43. The van der Waals surface area contributed by atoms with Crippen LogP contribution < -0.4 is 4.90 Å². The van der Waals surface area contributed by atoms with Gasteiger partial charge in [-0.05, 0) is 35.9 Å². The van der Waals surface area contributed by atoms with E-state index in [1.54, 1.807) is 24.3 Å². The number of anilines is 1. The van der Waals surface area contributed by atoms with E-state index in [1.807, 2.05) is 0 Å². The number of thioether (sulfide) groups is 1. The lowest BCUT2D eigenvalue weighted by Crippen LogP contribution is -2.28. The topological polar surface area (TPSA) is 20.3 Å². The lowest BCUT2D eigenvalue weighted by molar-refractivity contribution is -0.137. The average Bonchev–Trinajstić information content (AvgIpc) is 2.89. The number of rotatable bonds is 2. The van der Waals surface area contributed by atoms with E-state index in [9.17, 15) is 18.0 Å². The molecule has 1 fully saturated rings. The molecule has 7 heteroatoms. The fourth-order valence-electron chi connectivity index (χ4n) is 2.41. The molecule has 0 N–H and O–H groups in total. The number of amides is 1. The maximum absolute atomic E-state index is 12.9. The van der Waals surface area contributed by atoms with Gasteiger partial charge >= 0.3 is 6.18 Å². The summed E-state index contributed by atoms with van der Waals surface area (Å²) in [5.74, 6) is 0.0121. The molecule has 1 aliphatic heterocycles. The van der Waals surface area contributed by atoms with E-state index in [2.05, 4.69) is 0 Å². The quantitative estimate of drug-likeness (QED) is 0.742. The summed E-state index contributed by atoms with van der Waals surface area (Å²) in [5.41, 5.74) is 0.298. The van der Waals surface area contributed by atoms with Crippen LogP contribution in [0.2, 0.25) is 5.02 Å². The van der Waals surface area contributed by atoms with Gasteiger partial charge in [-0.1, -0.05) is 29.8 Å². The van der Waals surface area contributed by atoms with Crippen LogP contribution in [-0.4, -0.2) is 11.7 Å². The van der Waals surface area contributed by atoms with Crippen LogP contribution in [0, 0.1) is 0 Å². The molecule has 1 heterocycles. The summed E-state index contributed by atoms with van der Waals surface area (Å²) in [4.78, 5) is 13.6. The van der Waals surface area contributed by atoms with Gasteiger partial charge in [-0.15, -0.1) is 11.8 Å². The number of hydrogen-bond donors (Lipinski definition) is 0. The van der Waals surface area contributed by atoms with E-state index >= 15 is 0 Å². The van der Waals surface area contributed by atoms with E-state index in [0.29, 0.717) is 5.02 Å². The van der Waals surface area contributed by atoms with Crippen LogP contribution in [0.5, 0.6) is 0 Å². The van der Waals surface area contributed by atoms with Gasteiger partial charge in [0.2, 0.25) is 5.91 Å². The van der Waals surface area contributed by atoms with E-state index in [0.717, 1.165) is 17.7 Å². The predicted octanol–water partition coefficient (Wildman–Crippen LogP) is 5.14. The van der Waals surface area contributed by atoms with E-state index in [1.165, 1.54) is 28.8 Å². The van der Waals surface area contributed by atoms with Crippen molar-refractivity contribution in [1.82, 2.24) is 0 Å². The average molecular weight is 358 g/mol. The van der Waals surface area contributed by atoms with Crippen LogP contribution >= 0.6 is 23.4 Å². The minimum Gasteiger partial charge on any atom is -0.295 e. The molecule has 2 aromatic carbocycles. The number of alkyl halides is 3. The standard InChI is InChI=1S/C16H11ClF3NOS/c17-12-6-4-10(5-7-12)15-21(14(22)9-23-15)13-3-1-2-11(8-13)16(18,19)20/h1-8,15H,9H2/t15-/m0/s1. The first-order valence-electron chi connectivity index (χ1n) is 6.72. The third-order valence-corrected chi connectivity index (χ3v) is 4.94. The van der Waals surface area contributed by atoms with Crippen molar-refractivity contribution >= 4 is 35.0 Å². The molecule has 120 valence electrons. The van der Waals surface area contributed by atoms with Gasteiger partial charge in [0.05, 0.1) is 11.3 Å². The van der Waals surface area contributed by atoms with Gasteiger partial charge in [0.1, 0.15) is 5.37 Å². The minimum atomic E-state index is -4.44. The zero-order chi connectivity index (χ0) is 16.6. The normalized spacial score (nSPS) is 18.5. The molecule has 0 unspecified atom stereocenters. The van der Waals surface area contributed by atoms with Gasteiger partial charge in [0, 0.05) is 10.7 Å². The Bertz CT molecular complexity index is 733. The third kappa shape index (κ3) is 3.33. The van der Waals surface area contributed by atoms with Crippen LogP contribution in [-0.2, 0) is 11.0 Å². The van der Waals surface area contributed by atoms with Crippen LogP contribution in [0.1, 0.15) is 16.5 Å². The molecule has 0 saturated carbocycles. The molecule has 1 aliphatic rings. The molecule has 23 heavy (non-hydrogen) atoms. The Labute approximate surface area is 140 Å². The molecule has 0 radical (unpaired) electrons. The molecule has 0 aromatic heterocycles. The second-order valence-corrected chi connectivity index (χ2v) is 6.53. The van der Waals surface area contributed by atoms with Crippen LogP contribution in [0.25, 0.3) is 0 Å². The number of hydrogen-bond acceptors (Lipinski definition) is 2. The predicted molar refractivity (Wildman–Crippen MR) is 85.6 cm³/mol. The number of nitrogens with zero attached hydrogens (tertiary/aromatic N) is 1. The van der Waals surface area contributed by atoms with Crippen molar-refractivity contribution in [3.05, 3.63) is 64.7 Å². The maximum atomic E-state index is 12.9. The lowest BCUT2D eigenvalue weighted by Gasteiger charge is -2.25. The zero-order valence-electron chi connectivity index (χ0n) is 11.7. The first kappa shape index (κ1) is 16.2. The van der Waals surface area contributed by atoms with Gasteiger partial charge in [0.15, 0.2) is 0 Å². The molecule has 0 bridgehead atoms. The fourth-order valence-corrected chi connectivity index (χ4v) is 3.71. The molecule has 3 rings (SSSR count). The lowest BCUT2D eigenvalue weighted by atomic mass is 10.1. The summed E-state index contributed by atoms with van der Waals surface area (Å²) in [7, 11) is 0. The Morgan fingerprint density at radius 2 is 1.83 bits per heavy atom. The summed E-state index contributed by atoms with van der Waals surface area (Å²) in [6.07, 6.45) is -4.44. The van der Waals surface area contributed by atoms with Crippen molar-refractivity contribution in [2.75, 3.05) is 10.7 Å². The maximum Gasteiger partial charge on any atom is 0.416 e. The molecule has 2 aromatic rings. The van der Waals surface area contributed by atoms with E-state index in [-0.39, 0.29) is 22.7 Å². The van der Waals surface area contributed by atoms with Crippen molar-refractivity contribution in [1.29, 1.82) is 0 Å². The highest BCUT2D eigenvalue weighted by Gasteiger charge is 2.36. The third-order valence-electron chi connectivity index (χ3n) is 3.47. The molecular weight excluding hydrogens is 347 g/mol. The molecule has 1 atom stereocenters. The molecular formula is C16H11ClF3NOS. The number of benzene rings is 2. The van der Waals surface area contributed by atoms with Gasteiger partial charge in [0.25, 0.3) is 0 Å². The van der Waals surface area contributed by atoms with Crippen LogP contribution in [0.4, 0.5) is 18.9 Å². The molecule has 2 nitrogen and oxygen atoms in total. The Kier molecular flexibility index (Phi) is 4.29. The Hall–Kier alpha value is -1.66. The minimum absolute atomic E-state index is 0.214. The Balaban J connectivity index is 1.99. The zero-order valence-corrected chi connectivity index (χ0v) is 13.3. The molecule has 1 saturated heterocycles. The fraction of sp³-hybridized carbons (Fsp3) is 0.188. The number of carbonyl (C=O) groups is 1. The molecule has 0 spiro atoms. The van der Waals surface area contributed by atoms with Crippen molar-refractivity contribution in [2.24, 2.45) is 0 Å². The monoisotopic (exact) mass is 357 g/mol. The van der Waals surface area contributed by atoms with Crippen LogP contribution in [0.15, 0.2) is 48.5 Å². The van der Waals surface area contributed by atoms with E-state index in [4.69, 9.17) is 11.6 Å². The number of carbonyl (C=O) groups excluding carboxylic acids is 1. The summed E-state index contributed by atoms with van der Waals surface area (Å²) in [6.45, 7) is 0. The van der Waals surface area contributed by atoms with Crippen molar-refractivity contribution in [3.8, 4) is 0 Å². The Morgan fingerprint density at radius 1 is 1.13 bits per heavy atom. The van der Waals surface area contributed by atoms with Gasteiger partial charge < -0.3 is 0 Å². The number of halogens is 4. The smallest absolute Gasteiger partial charge is 0.295 e. The summed E-state index contributed by atoms with van der Waals surface area (Å²) >= 11 is 7.24. The van der Waals surface area contributed by atoms with Gasteiger partial charge in [-0.3, -0.25) is 9.69 Å². The first-order valence-corrected chi connectivity index (χ1v) is 8.15. The van der Waals surface area contributed by atoms with E-state index < -0.39 is 11.7 Å². The van der Waals surface area contributed by atoms with Crippen molar-refractivity contribution < 1.29 is 18.0 Å². The van der Waals surface area contributed by atoms with Crippen molar-refractivity contribution in [3.63, 3.8) is 0 Å². The highest BCUT2D eigenvalue weighted by molar-refractivity contribution is 8.00. The second kappa shape index (κ2) is 6.09. The van der Waals surface area contributed by atoms with Gasteiger partial charge in [-0.2, -0.15) is 13.2 Å². The molecule has 1 amide bonds. The van der Waals surface area contributed by atoms with Crippen LogP contribution in [0.3, 0.4) is 0 Å². The highest BCUT2D eigenvalue weighted by atomic mass is 35.5. The molecule has 0 aliphatic carbocycles. The van der Waals surface area contributed by atoms with Gasteiger partial charge in [-0.25, -0.2) is 0 Å². The summed E-state index contributed by atoms with van der Waals surface area (Å²) in [5, 5.41) is 0.206. The Morgan fingerprint density at radius 3 is 2.48 bits per heavy atom. The SMILES string of the molecule is O=C1CS[C@@H](c2ccc(Cl)cc2)N1c1cccc(C(F)(F)F)c1. The first-order chi connectivity index (χ1) is 10.9. The largest absolute Gasteiger partial charge is 0.416 e. The summed E-state index contributed by atoms with van der Waals surface area (Å²) in [6, 6.07) is 11.8. The van der Waals surface area contributed by atoms with Crippen molar-refractivity contribution in [2.45, 2.75) is 11.6 Å². The summed E-state index contributed by atoms with van der Waals surface area (Å²) < 4.78 is 38.7. The second-order valence-electron chi connectivity index (χ2n) is 5.03.